The maximum absolute atomic E-state index is 13.0. The molecule has 3 N–H and O–H groups in total. The van der Waals surface area contributed by atoms with Crippen LogP contribution in [0, 0.1) is 5.82 Å². The molecule has 0 aromatic heterocycles. The minimum absolute atomic E-state index is 0.0299. The summed E-state index contributed by atoms with van der Waals surface area (Å²) >= 11 is 0. The van der Waals surface area contributed by atoms with Crippen LogP contribution >= 0.6 is 0 Å². The molecule has 0 spiro atoms. The highest BCUT2D eigenvalue weighted by Gasteiger charge is 2.21. The molecule has 0 saturated carbocycles. The molecule has 2 aromatic carbocycles. The molecule has 128 valence electrons. The number of nitrogens with zero attached hydrogens (tertiary/aromatic N) is 1. The zero-order valence-corrected chi connectivity index (χ0v) is 14.0. The van der Waals surface area contributed by atoms with Crippen LogP contribution < -0.4 is 16.0 Å². The Hall–Kier alpha value is -2.12. The van der Waals surface area contributed by atoms with Crippen molar-refractivity contribution in [2.45, 2.75) is 16.2 Å². The van der Waals surface area contributed by atoms with Gasteiger partial charge in [0.05, 0.1) is 15.5 Å². The highest BCUT2D eigenvalue weighted by Crippen LogP contribution is 2.29. The number of sulfone groups is 1. The number of nitrogens with one attached hydrogen (secondary N) is 1. The first-order valence-electron chi connectivity index (χ1n) is 7.84. The molecule has 7 heteroatoms. The summed E-state index contributed by atoms with van der Waals surface area (Å²) in [5, 5.41) is 3.32. The van der Waals surface area contributed by atoms with E-state index in [1.54, 1.807) is 12.1 Å². The summed E-state index contributed by atoms with van der Waals surface area (Å²) in [6.07, 6.45) is 1.02. The summed E-state index contributed by atoms with van der Waals surface area (Å²) in [6, 6.07) is 9.75. The molecule has 1 aliphatic heterocycles. The van der Waals surface area contributed by atoms with Gasteiger partial charge in [-0.2, -0.15) is 0 Å². The van der Waals surface area contributed by atoms with Crippen LogP contribution in [-0.2, 0) is 9.84 Å². The molecule has 3 rings (SSSR count). The zero-order chi connectivity index (χ0) is 17.2. The summed E-state index contributed by atoms with van der Waals surface area (Å²) in [7, 11) is -3.76. The van der Waals surface area contributed by atoms with Gasteiger partial charge < -0.3 is 16.0 Å². The van der Waals surface area contributed by atoms with Gasteiger partial charge in [-0.1, -0.05) is 0 Å². The van der Waals surface area contributed by atoms with Crippen molar-refractivity contribution >= 4 is 21.2 Å². The van der Waals surface area contributed by atoms with Crippen molar-refractivity contribution in [3.8, 4) is 0 Å². The summed E-state index contributed by atoms with van der Waals surface area (Å²) in [6.45, 7) is 3.61. The van der Waals surface area contributed by atoms with Crippen LogP contribution in [0.15, 0.2) is 52.3 Å². The lowest BCUT2D eigenvalue weighted by Gasteiger charge is -2.23. The second-order valence-electron chi connectivity index (χ2n) is 5.77. The number of hydrogen-bond acceptors (Lipinski definition) is 5. The number of rotatable bonds is 3. The lowest BCUT2D eigenvalue weighted by atomic mass is 10.2. The van der Waals surface area contributed by atoms with Crippen LogP contribution in [0.25, 0.3) is 0 Å². The Kier molecular flexibility index (Phi) is 4.73. The first-order valence-corrected chi connectivity index (χ1v) is 9.32. The third kappa shape index (κ3) is 3.37. The Morgan fingerprint density at radius 1 is 1.04 bits per heavy atom. The number of anilines is 2. The van der Waals surface area contributed by atoms with E-state index in [1.165, 1.54) is 18.2 Å². The van der Waals surface area contributed by atoms with Gasteiger partial charge in [0, 0.05) is 25.3 Å². The molecule has 0 aliphatic carbocycles. The van der Waals surface area contributed by atoms with E-state index in [1.807, 2.05) is 0 Å². The second-order valence-corrected chi connectivity index (χ2v) is 7.69. The van der Waals surface area contributed by atoms with Crippen molar-refractivity contribution in [3.63, 3.8) is 0 Å². The Balaban J connectivity index is 1.93. The van der Waals surface area contributed by atoms with Crippen LogP contribution in [-0.4, -0.2) is 34.6 Å². The van der Waals surface area contributed by atoms with Crippen LogP contribution in [0.1, 0.15) is 6.42 Å². The third-order valence-corrected chi connectivity index (χ3v) is 5.96. The SMILES string of the molecule is Nc1cc(N2CCCNCC2)ccc1S(=O)(=O)c1ccc(F)cc1. The van der Waals surface area contributed by atoms with E-state index in [-0.39, 0.29) is 15.5 Å². The van der Waals surface area contributed by atoms with E-state index >= 15 is 0 Å². The van der Waals surface area contributed by atoms with Crippen molar-refractivity contribution in [2.24, 2.45) is 0 Å². The zero-order valence-electron chi connectivity index (χ0n) is 13.2. The van der Waals surface area contributed by atoms with Crippen LogP contribution in [0.3, 0.4) is 0 Å². The molecule has 1 fully saturated rings. The Bertz CT molecular complexity index is 814. The molecule has 5 nitrogen and oxygen atoms in total. The van der Waals surface area contributed by atoms with Gasteiger partial charge in [-0.25, -0.2) is 12.8 Å². The molecule has 2 aromatic rings. The number of nitrogen functional groups attached to an aromatic ring is 1. The highest BCUT2D eigenvalue weighted by molar-refractivity contribution is 7.91. The largest absolute Gasteiger partial charge is 0.398 e. The fourth-order valence-corrected chi connectivity index (χ4v) is 4.19. The van der Waals surface area contributed by atoms with Gasteiger partial charge in [0.15, 0.2) is 0 Å². The van der Waals surface area contributed by atoms with E-state index in [0.29, 0.717) is 0 Å². The second kappa shape index (κ2) is 6.78. The maximum atomic E-state index is 13.0. The van der Waals surface area contributed by atoms with Crippen molar-refractivity contribution < 1.29 is 12.8 Å². The normalized spacial score (nSPS) is 16.0. The van der Waals surface area contributed by atoms with Crippen LogP contribution in [0.5, 0.6) is 0 Å². The first kappa shape index (κ1) is 16.7. The molecule has 0 radical (unpaired) electrons. The average Bonchev–Trinajstić information content (AvgIpc) is 2.84. The van der Waals surface area contributed by atoms with Gasteiger partial charge in [0.25, 0.3) is 0 Å². The van der Waals surface area contributed by atoms with Crippen LogP contribution in [0.2, 0.25) is 0 Å². The van der Waals surface area contributed by atoms with Gasteiger partial charge in [0.1, 0.15) is 5.82 Å². The third-order valence-electron chi connectivity index (χ3n) is 4.11. The van der Waals surface area contributed by atoms with E-state index < -0.39 is 15.7 Å². The average molecular weight is 349 g/mol. The molecule has 1 heterocycles. The number of benzene rings is 2. The minimum atomic E-state index is -3.76. The standard InChI is InChI=1S/C17H20FN3O2S/c18-13-2-5-15(6-3-13)24(22,23)17-7-4-14(12-16(17)19)21-10-1-8-20-9-11-21/h2-7,12,20H,1,8-11,19H2. The van der Waals surface area contributed by atoms with Crippen LogP contribution in [0.4, 0.5) is 15.8 Å². The molecule has 0 unspecified atom stereocenters. The van der Waals surface area contributed by atoms with Crippen molar-refractivity contribution in [2.75, 3.05) is 36.8 Å². The molecule has 24 heavy (non-hydrogen) atoms. The number of nitrogens with two attached hydrogens (primary N) is 1. The van der Waals surface area contributed by atoms with Gasteiger partial charge in [-0.3, -0.25) is 0 Å². The Labute approximate surface area is 141 Å². The summed E-state index contributed by atoms with van der Waals surface area (Å²) in [4.78, 5) is 2.26. The van der Waals surface area contributed by atoms with E-state index in [0.717, 1.165) is 50.4 Å². The van der Waals surface area contributed by atoms with E-state index in [9.17, 15) is 12.8 Å². The molecular formula is C17H20FN3O2S. The monoisotopic (exact) mass is 349 g/mol. The summed E-state index contributed by atoms with van der Waals surface area (Å²) in [5.74, 6) is -0.480. The van der Waals surface area contributed by atoms with Crippen molar-refractivity contribution in [1.82, 2.24) is 5.32 Å². The van der Waals surface area contributed by atoms with Gasteiger partial charge in [0.2, 0.25) is 9.84 Å². The fourth-order valence-electron chi connectivity index (χ4n) is 2.82. The van der Waals surface area contributed by atoms with Gasteiger partial charge >= 0.3 is 0 Å². The first-order chi connectivity index (χ1) is 11.5. The predicted molar refractivity (Wildman–Crippen MR) is 92.4 cm³/mol. The lowest BCUT2D eigenvalue weighted by molar-refractivity contribution is 0.595. The summed E-state index contributed by atoms with van der Waals surface area (Å²) in [5.41, 5.74) is 7.14. The van der Waals surface area contributed by atoms with Crippen molar-refractivity contribution in [1.29, 1.82) is 0 Å². The Morgan fingerprint density at radius 3 is 2.50 bits per heavy atom. The predicted octanol–water partition coefficient (Wildman–Crippen LogP) is 2.04. The van der Waals surface area contributed by atoms with Crippen molar-refractivity contribution in [3.05, 3.63) is 48.3 Å². The molecule has 0 bridgehead atoms. The maximum Gasteiger partial charge on any atom is 0.208 e. The Morgan fingerprint density at radius 2 is 1.79 bits per heavy atom. The molecule has 0 atom stereocenters. The minimum Gasteiger partial charge on any atom is -0.398 e. The number of hydrogen-bond donors (Lipinski definition) is 2. The van der Waals surface area contributed by atoms with Gasteiger partial charge in [-0.15, -0.1) is 0 Å². The highest BCUT2D eigenvalue weighted by atomic mass is 32.2. The van der Waals surface area contributed by atoms with Gasteiger partial charge in [-0.05, 0) is 55.4 Å². The summed E-state index contributed by atoms with van der Waals surface area (Å²) < 4.78 is 38.4. The smallest absolute Gasteiger partial charge is 0.208 e. The molecular weight excluding hydrogens is 329 g/mol. The number of halogens is 1. The topological polar surface area (TPSA) is 75.4 Å². The molecule has 0 amide bonds. The quantitative estimate of drug-likeness (QED) is 0.655. The fraction of sp³-hybridized carbons (Fsp3) is 0.294. The van der Waals surface area contributed by atoms with E-state index in [2.05, 4.69) is 10.2 Å². The molecule has 1 aliphatic rings. The van der Waals surface area contributed by atoms with E-state index in [4.69, 9.17) is 5.73 Å². The lowest BCUT2D eigenvalue weighted by Crippen LogP contribution is -2.27. The molecule has 1 saturated heterocycles.